The van der Waals surface area contributed by atoms with Crippen LogP contribution >= 0.6 is 15.9 Å². The van der Waals surface area contributed by atoms with Crippen LogP contribution in [0.3, 0.4) is 0 Å². The molecule has 4 rings (SSSR count). The van der Waals surface area contributed by atoms with Gasteiger partial charge in [0.2, 0.25) is 0 Å². The molecule has 0 radical (unpaired) electrons. The van der Waals surface area contributed by atoms with Gasteiger partial charge in [0.05, 0.1) is 0 Å². The van der Waals surface area contributed by atoms with Crippen molar-refractivity contribution in [3.05, 3.63) is 124 Å². The van der Waals surface area contributed by atoms with Crippen LogP contribution in [-0.2, 0) is 0 Å². The number of rotatable bonds is 5. The van der Waals surface area contributed by atoms with Gasteiger partial charge in [-0.25, -0.2) is 0 Å². The van der Waals surface area contributed by atoms with Crippen molar-refractivity contribution in [3.63, 3.8) is 0 Å². The fourth-order valence-electron chi connectivity index (χ4n) is 3.34. The van der Waals surface area contributed by atoms with Crippen LogP contribution in [0.2, 0.25) is 0 Å². The van der Waals surface area contributed by atoms with Gasteiger partial charge < -0.3 is 4.90 Å². The number of benzene rings is 4. The lowest BCUT2D eigenvalue weighted by Crippen LogP contribution is -2.09. The second-order valence-corrected chi connectivity index (χ2v) is 8.40. The Kier molecular flexibility index (Phi) is 6.15. The van der Waals surface area contributed by atoms with Gasteiger partial charge >= 0.3 is 0 Å². The number of aryl methyl sites for hydroxylation is 2. The Hall–Kier alpha value is -3.10. The van der Waals surface area contributed by atoms with Crippen molar-refractivity contribution in [1.29, 1.82) is 0 Å². The van der Waals surface area contributed by atoms with Gasteiger partial charge in [-0.2, -0.15) is 0 Å². The van der Waals surface area contributed by atoms with E-state index in [2.05, 4.69) is 144 Å². The van der Waals surface area contributed by atoms with E-state index in [9.17, 15) is 0 Å². The maximum Gasteiger partial charge on any atom is 0.0462 e. The molecule has 30 heavy (non-hydrogen) atoms. The number of halogens is 1. The first-order valence-corrected chi connectivity index (χ1v) is 10.8. The molecule has 0 aliphatic heterocycles. The monoisotopic (exact) mass is 453 g/mol. The molecule has 0 saturated heterocycles. The smallest absolute Gasteiger partial charge is 0.0462 e. The molecule has 0 unspecified atom stereocenters. The van der Waals surface area contributed by atoms with E-state index in [1.165, 1.54) is 22.3 Å². The van der Waals surface area contributed by atoms with Crippen LogP contribution in [0.15, 0.2) is 102 Å². The summed E-state index contributed by atoms with van der Waals surface area (Å²) in [5, 5.41) is 0. The van der Waals surface area contributed by atoms with Gasteiger partial charge in [0, 0.05) is 21.5 Å². The summed E-state index contributed by atoms with van der Waals surface area (Å²) >= 11 is 3.48. The summed E-state index contributed by atoms with van der Waals surface area (Å²) in [4.78, 5) is 2.29. The van der Waals surface area contributed by atoms with Gasteiger partial charge in [-0.3, -0.25) is 0 Å². The van der Waals surface area contributed by atoms with E-state index in [0.29, 0.717) is 0 Å². The Balaban J connectivity index is 1.64. The first kappa shape index (κ1) is 20.2. The third-order valence-corrected chi connectivity index (χ3v) is 5.60. The van der Waals surface area contributed by atoms with Crippen molar-refractivity contribution in [2.24, 2.45) is 0 Å². The van der Waals surface area contributed by atoms with Gasteiger partial charge in [0.25, 0.3) is 0 Å². The molecule has 0 N–H and O–H groups in total. The topological polar surface area (TPSA) is 3.24 Å². The zero-order valence-corrected chi connectivity index (χ0v) is 18.8. The molecular formula is C28H24BrN. The molecule has 2 heteroatoms. The predicted octanol–water partition coefficient (Wildman–Crippen LogP) is 8.71. The van der Waals surface area contributed by atoms with Crippen LogP contribution in [0.5, 0.6) is 0 Å². The quantitative estimate of drug-likeness (QED) is 0.273. The number of hydrogen-bond acceptors (Lipinski definition) is 1. The molecule has 0 aliphatic rings. The molecule has 0 heterocycles. The van der Waals surface area contributed by atoms with Gasteiger partial charge in [-0.05, 0) is 73.5 Å². The predicted molar refractivity (Wildman–Crippen MR) is 134 cm³/mol. The van der Waals surface area contributed by atoms with E-state index in [0.717, 1.165) is 21.5 Å². The van der Waals surface area contributed by atoms with Crippen LogP contribution < -0.4 is 4.90 Å². The van der Waals surface area contributed by atoms with E-state index in [4.69, 9.17) is 0 Å². The zero-order valence-electron chi connectivity index (χ0n) is 17.2. The maximum absolute atomic E-state index is 3.48. The molecule has 0 atom stereocenters. The lowest BCUT2D eigenvalue weighted by Gasteiger charge is -2.25. The van der Waals surface area contributed by atoms with Crippen molar-refractivity contribution >= 4 is 45.1 Å². The van der Waals surface area contributed by atoms with Crippen LogP contribution in [0.1, 0.15) is 22.3 Å². The summed E-state index contributed by atoms with van der Waals surface area (Å²) in [6.45, 7) is 4.24. The summed E-state index contributed by atoms with van der Waals surface area (Å²) in [7, 11) is 0. The molecule has 0 saturated carbocycles. The molecule has 4 aromatic carbocycles. The highest BCUT2D eigenvalue weighted by Crippen LogP contribution is 2.34. The summed E-state index contributed by atoms with van der Waals surface area (Å²) in [6.07, 6.45) is 4.29. The van der Waals surface area contributed by atoms with Crippen LogP contribution in [0.25, 0.3) is 12.2 Å². The molecule has 0 spiro atoms. The SMILES string of the molecule is Cc1ccc(N(c2ccc(C)cc2)c2ccc(C=Cc3ccc(Br)cc3)cc2)cc1. The Morgan fingerprint density at radius 3 is 1.23 bits per heavy atom. The van der Waals surface area contributed by atoms with Gasteiger partial charge in [-0.1, -0.05) is 87.7 Å². The minimum absolute atomic E-state index is 1.09. The second-order valence-electron chi connectivity index (χ2n) is 7.48. The van der Waals surface area contributed by atoms with Gasteiger partial charge in [0.15, 0.2) is 0 Å². The minimum atomic E-state index is 1.09. The van der Waals surface area contributed by atoms with Crippen molar-refractivity contribution in [2.45, 2.75) is 13.8 Å². The van der Waals surface area contributed by atoms with Crippen molar-refractivity contribution in [2.75, 3.05) is 4.90 Å². The molecule has 0 aliphatic carbocycles. The highest BCUT2D eigenvalue weighted by molar-refractivity contribution is 9.10. The van der Waals surface area contributed by atoms with Crippen molar-refractivity contribution in [3.8, 4) is 0 Å². The Morgan fingerprint density at radius 2 is 0.833 bits per heavy atom. The summed E-state index contributed by atoms with van der Waals surface area (Å²) < 4.78 is 1.09. The number of nitrogens with zero attached hydrogens (tertiary/aromatic N) is 1. The summed E-state index contributed by atoms with van der Waals surface area (Å²) in [5.74, 6) is 0. The Bertz CT molecular complexity index is 1080. The molecule has 0 fully saturated rings. The zero-order chi connectivity index (χ0) is 20.9. The standard InChI is InChI=1S/C28H24BrN/c1-21-3-15-26(16-4-21)30(27-17-5-22(2)6-18-27)28-19-11-24(12-20-28)8-7-23-9-13-25(29)14-10-23/h3-20H,1-2H3. The van der Waals surface area contributed by atoms with Crippen LogP contribution in [0.4, 0.5) is 17.1 Å². The molecule has 1 nitrogen and oxygen atoms in total. The lowest BCUT2D eigenvalue weighted by molar-refractivity contribution is 1.27. The van der Waals surface area contributed by atoms with E-state index in [1.807, 2.05) is 0 Å². The number of anilines is 3. The fraction of sp³-hybridized carbons (Fsp3) is 0.0714. The van der Waals surface area contributed by atoms with E-state index < -0.39 is 0 Å². The average molecular weight is 454 g/mol. The van der Waals surface area contributed by atoms with Gasteiger partial charge in [0.1, 0.15) is 0 Å². The Morgan fingerprint density at radius 1 is 0.500 bits per heavy atom. The average Bonchev–Trinajstić information content (AvgIpc) is 2.77. The van der Waals surface area contributed by atoms with Crippen molar-refractivity contribution < 1.29 is 0 Å². The summed E-state index contributed by atoms with van der Waals surface area (Å²) in [6, 6.07) is 34.4. The summed E-state index contributed by atoms with van der Waals surface area (Å²) in [5.41, 5.74) is 8.33. The maximum atomic E-state index is 3.48. The molecule has 0 bridgehead atoms. The Labute approximate surface area is 187 Å². The molecule has 0 amide bonds. The molecular weight excluding hydrogens is 430 g/mol. The largest absolute Gasteiger partial charge is 0.311 e. The molecule has 4 aromatic rings. The highest BCUT2D eigenvalue weighted by atomic mass is 79.9. The third kappa shape index (κ3) is 4.90. The van der Waals surface area contributed by atoms with E-state index in [1.54, 1.807) is 0 Å². The third-order valence-electron chi connectivity index (χ3n) is 5.07. The second kappa shape index (κ2) is 9.15. The molecule has 148 valence electrons. The lowest BCUT2D eigenvalue weighted by atomic mass is 10.1. The highest BCUT2D eigenvalue weighted by Gasteiger charge is 2.11. The number of hydrogen-bond donors (Lipinski definition) is 0. The fourth-order valence-corrected chi connectivity index (χ4v) is 3.60. The van der Waals surface area contributed by atoms with E-state index >= 15 is 0 Å². The van der Waals surface area contributed by atoms with Crippen LogP contribution in [0, 0.1) is 13.8 Å². The normalized spacial score (nSPS) is 11.0. The van der Waals surface area contributed by atoms with E-state index in [-0.39, 0.29) is 0 Å². The minimum Gasteiger partial charge on any atom is -0.311 e. The van der Waals surface area contributed by atoms with Crippen molar-refractivity contribution in [1.82, 2.24) is 0 Å². The first-order valence-electron chi connectivity index (χ1n) is 10.1. The first-order chi connectivity index (χ1) is 14.6. The molecule has 0 aromatic heterocycles. The van der Waals surface area contributed by atoms with Crippen LogP contribution in [-0.4, -0.2) is 0 Å². The van der Waals surface area contributed by atoms with Gasteiger partial charge in [-0.15, -0.1) is 0 Å².